The van der Waals surface area contributed by atoms with Gasteiger partial charge >= 0.3 is 114 Å². The average Bonchev–Trinajstić information content (AvgIpc) is 2.31. The Bertz CT molecular complexity index is 406. The minimum atomic E-state index is -5.82. The number of carbonyl (C=O) groups excluding carboxylic acids is 1. The van der Waals surface area contributed by atoms with E-state index >= 15 is 0 Å². The van der Waals surface area contributed by atoms with Crippen molar-refractivity contribution in [3.63, 3.8) is 0 Å². The van der Waals surface area contributed by atoms with Crippen LogP contribution in [0.15, 0.2) is 0 Å². The molecule has 5 nitrogen and oxygen atoms in total. The molecule has 1 heterocycles. The molecule has 21 heavy (non-hydrogen) atoms. The maximum absolute atomic E-state index is 12.5. The Morgan fingerprint density at radius 3 is 2.05 bits per heavy atom. The molecule has 0 saturated carbocycles. The van der Waals surface area contributed by atoms with Crippen LogP contribution in [-0.2, 0) is 18.6 Å². The van der Waals surface area contributed by atoms with Crippen molar-refractivity contribution in [3.05, 3.63) is 0 Å². The van der Waals surface area contributed by atoms with E-state index in [2.05, 4.69) is 13.8 Å². The van der Waals surface area contributed by atoms with Crippen LogP contribution in [0.1, 0.15) is 6.92 Å². The number of hydrogen-bond acceptors (Lipinski definition) is 5. The molecule has 126 valence electrons. The molecule has 1 aliphatic heterocycles. The first-order valence-corrected chi connectivity index (χ1v) is 7.87. The molecule has 0 radical (unpaired) electrons. The Hall–Kier alpha value is -0.640. The number of hydrogen-bond donors (Lipinski definition) is 1. The molecule has 1 unspecified atom stereocenters. The van der Waals surface area contributed by atoms with Gasteiger partial charge < -0.3 is 0 Å². The summed E-state index contributed by atoms with van der Waals surface area (Å²) in [5.41, 5.74) is -1.70. The van der Waals surface area contributed by atoms with Crippen LogP contribution >= 0.6 is 7.28 Å². The van der Waals surface area contributed by atoms with Crippen LogP contribution in [0, 0.1) is 0 Å². The summed E-state index contributed by atoms with van der Waals surface area (Å²) in [6.07, 6.45) is -16.6. The number of esters is 1. The topological polar surface area (TPSA) is 65.0 Å². The molecule has 1 rings (SSSR count). The van der Waals surface area contributed by atoms with Crippen molar-refractivity contribution < 1.29 is 49.8 Å². The fourth-order valence-electron chi connectivity index (χ4n) is 1.81. The first-order chi connectivity index (χ1) is 9.28. The van der Waals surface area contributed by atoms with Gasteiger partial charge in [-0.3, -0.25) is 0 Å². The van der Waals surface area contributed by atoms with E-state index in [0.29, 0.717) is 0 Å². The second kappa shape index (κ2) is 5.22. The van der Waals surface area contributed by atoms with Gasteiger partial charge in [-0.25, -0.2) is 0 Å². The van der Waals surface area contributed by atoms with E-state index in [0.717, 1.165) is 14.0 Å². The van der Waals surface area contributed by atoms with Gasteiger partial charge in [-0.1, -0.05) is 0 Å². The Morgan fingerprint density at radius 1 is 1.33 bits per heavy atom. The first kappa shape index (κ1) is 18.4. The number of carbonyl (C=O) groups is 1. The van der Waals surface area contributed by atoms with Crippen molar-refractivity contribution in [3.8, 4) is 0 Å². The molecule has 0 aliphatic carbocycles. The van der Waals surface area contributed by atoms with Crippen molar-refractivity contribution >= 4 is 13.3 Å². The molecular formula is C9H13F6O5P. The number of methoxy groups -OCH3 is 1. The summed E-state index contributed by atoms with van der Waals surface area (Å²) in [5.74, 6) is -1.19. The van der Waals surface area contributed by atoms with E-state index in [1.165, 1.54) is 0 Å². The number of alkyl halides is 6. The van der Waals surface area contributed by atoms with Crippen molar-refractivity contribution in [2.24, 2.45) is 0 Å². The van der Waals surface area contributed by atoms with Gasteiger partial charge in [0.05, 0.1) is 0 Å². The molecule has 12 heteroatoms. The van der Waals surface area contributed by atoms with Gasteiger partial charge in [0.25, 0.3) is 0 Å². The molecule has 0 aromatic rings. The number of ether oxygens (including phenoxy) is 1. The van der Waals surface area contributed by atoms with Crippen LogP contribution in [0.2, 0.25) is 0 Å². The fourth-order valence-corrected chi connectivity index (χ4v) is 4.77. The third kappa shape index (κ3) is 3.25. The van der Waals surface area contributed by atoms with Crippen LogP contribution in [0.5, 0.6) is 0 Å². The van der Waals surface area contributed by atoms with Gasteiger partial charge in [-0.05, 0) is 0 Å². The molecule has 1 aliphatic rings. The summed E-state index contributed by atoms with van der Waals surface area (Å²) in [7, 11) is -4.54. The Balaban J connectivity index is 3.18. The summed E-state index contributed by atoms with van der Waals surface area (Å²) in [6.45, 7) is 0.494. The molecule has 0 aromatic heterocycles. The van der Waals surface area contributed by atoms with E-state index in [1.807, 2.05) is 0 Å². The van der Waals surface area contributed by atoms with Crippen LogP contribution in [0.4, 0.5) is 26.3 Å². The van der Waals surface area contributed by atoms with Crippen LogP contribution in [0.25, 0.3) is 0 Å². The van der Waals surface area contributed by atoms with Crippen LogP contribution in [-0.4, -0.2) is 54.9 Å². The normalized spacial score (nSPS) is 26.6. The summed E-state index contributed by atoms with van der Waals surface area (Å²) in [5, 5.41) is 0. The number of rotatable bonds is 4. The van der Waals surface area contributed by atoms with Gasteiger partial charge in [0.15, 0.2) is 0 Å². The third-order valence-corrected chi connectivity index (χ3v) is 7.22. The van der Waals surface area contributed by atoms with E-state index in [1.54, 1.807) is 0 Å². The summed E-state index contributed by atoms with van der Waals surface area (Å²) >= 11 is 0. The molecule has 0 bridgehead atoms. The molecule has 1 fully saturated rings. The zero-order valence-corrected chi connectivity index (χ0v) is 11.8. The molecule has 0 spiro atoms. The molecule has 1 atom stereocenters. The predicted molar refractivity (Wildman–Crippen MR) is 58.4 cm³/mol. The van der Waals surface area contributed by atoms with Gasteiger partial charge in [0, 0.05) is 0 Å². The summed E-state index contributed by atoms with van der Waals surface area (Å²) < 4.78 is 87.9. The maximum atomic E-state index is 12.5. The predicted octanol–water partition coefficient (Wildman–Crippen LogP) is 2.38. The van der Waals surface area contributed by atoms with Crippen molar-refractivity contribution in [1.82, 2.24) is 0 Å². The first-order valence-electron chi connectivity index (χ1n) is 5.60. The summed E-state index contributed by atoms with van der Waals surface area (Å²) in [6, 6.07) is 0. The van der Waals surface area contributed by atoms with Gasteiger partial charge in [0.1, 0.15) is 0 Å². The van der Waals surface area contributed by atoms with Gasteiger partial charge in [0.2, 0.25) is 0 Å². The third-order valence-electron chi connectivity index (χ3n) is 3.10. The standard InChI is InChI=1S/C9H13F6O5P/c1-3-21(17,5(4-19-21)6(16)18-2)20-7(8(10,11)12)9(13,14)15/h5,7,17H,3-4H2,1-2H3. The van der Waals surface area contributed by atoms with E-state index in [-0.39, 0.29) is 0 Å². The molecule has 0 amide bonds. The summed E-state index contributed by atoms with van der Waals surface area (Å²) in [4.78, 5) is 21.6. The second-order valence-corrected chi connectivity index (χ2v) is 8.38. The van der Waals surface area contributed by atoms with Crippen LogP contribution in [0.3, 0.4) is 0 Å². The average molecular weight is 346 g/mol. The quantitative estimate of drug-likeness (QED) is 0.481. The fraction of sp³-hybridized carbons (Fsp3) is 0.889. The van der Waals surface area contributed by atoms with Crippen LogP contribution < -0.4 is 0 Å². The van der Waals surface area contributed by atoms with Crippen molar-refractivity contribution in [1.29, 1.82) is 0 Å². The van der Waals surface area contributed by atoms with Crippen molar-refractivity contribution in [2.45, 2.75) is 31.0 Å². The minimum absolute atomic E-state index is 0.572. The van der Waals surface area contributed by atoms with E-state index < -0.39 is 50.1 Å². The second-order valence-electron chi connectivity index (χ2n) is 4.37. The zero-order valence-electron chi connectivity index (χ0n) is 10.9. The zero-order chi connectivity index (χ0) is 16.7. The molecule has 1 N–H and O–H groups in total. The SMILES string of the molecule is CCP1(O)(OC(C(F)(F)F)C(F)(F)F)OCC1C(=O)OC. The Labute approximate surface area is 115 Å². The monoisotopic (exact) mass is 346 g/mol. The van der Waals surface area contributed by atoms with Crippen molar-refractivity contribution in [2.75, 3.05) is 19.9 Å². The van der Waals surface area contributed by atoms with Gasteiger partial charge in [-0.15, -0.1) is 0 Å². The molecule has 1 saturated heterocycles. The molecule has 0 aromatic carbocycles. The number of halogens is 6. The van der Waals surface area contributed by atoms with E-state index in [4.69, 9.17) is 0 Å². The van der Waals surface area contributed by atoms with E-state index in [9.17, 15) is 36.0 Å². The van der Waals surface area contributed by atoms with Gasteiger partial charge in [-0.2, -0.15) is 0 Å². The molecular weight excluding hydrogens is 333 g/mol. The Kier molecular flexibility index (Phi) is 4.58. The Morgan fingerprint density at radius 2 is 1.81 bits per heavy atom.